The number of hydrogen-bond acceptors (Lipinski definition) is 4. The maximum atomic E-state index is 4.98. The Kier molecular flexibility index (Phi) is 2.58. The molecule has 0 spiro atoms. The molecule has 0 unspecified atom stereocenters. The lowest BCUT2D eigenvalue weighted by Crippen LogP contribution is -1.92. The molecular formula is C11H11N3O. The number of aryl methyl sites for hydroxylation is 1. The van der Waals surface area contributed by atoms with E-state index in [1.807, 2.05) is 19.1 Å². The number of ether oxygens (including phenoxy) is 1. The summed E-state index contributed by atoms with van der Waals surface area (Å²) in [5.74, 6) is 1.27. The average Bonchev–Trinajstić information content (AvgIpc) is 2.29. The molecule has 2 rings (SSSR count). The second-order valence-corrected chi connectivity index (χ2v) is 3.11. The van der Waals surface area contributed by atoms with E-state index in [0.717, 1.165) is 11.3 Å². The topological polar surface area (TPSA) is 47.9 Å². The summed E-state index contributed by atoms with van der Waals surface area (Å²) in [6.45, 7) is 1.93. The highest BCUT2D eigenvalue weighted by Crippen LogP contribution is 2.15. The second-order valence-electron chi connectivity index (χ2n) is 3.11. The first-order valence-corrected chi connectivity index (χ1v) is 4.59. The molecule has 76 valence electrons. The Bertz CT molecular complexity index is 454. The zero-order chi connectivity index (χ0) is 10.7. The summed E-state index contributed by atoms with van der Waals surface area (Å²) in [6, 6.07) is 5.54. The number of pyridine rings is 1. The molecule has 4 heteroatoms. The molecule has 4 nitrogen and oxygen atoms in total. The maximum absolute atomic E-state index is 4.98. The Morgan fingerprint density at radius 1 is 1.13 bits per heavy atom. The largest absolute Gasteiger partial charge is 0.481 e. The number of nitrogens with zero attached hydrogens (tertiary/aromatic N) is 3. The number of aromatic nitrogens is 3. The number of hydrogen-bond donors (Lipinski definition) is 0. The van der Waals surface area contributed by atoms with Gasteiger partial charge in [0.05, 0.1) is 7.11 Å². The minimum Gasteiger partial charge on any atom is -0.481 e. The molecule has 0 atom stereocenters. The van der Waals surface area contributed by atoms with Crippen LogP contribution in [0.3, 0.4) is 0 Å². The second kappa shape index (κ2) is 4.04. The molecule has 0 fully saturated rings. The van der Waals surface area contributed by atoms with Gasteiger partial charge in [-0.25, -0.2) is 15.0 Å². The van der Waals surface area contributed by atoms with Crippen molar-refractivity contribution in [3.63, 3.8) is 0 Å². The Morgan fingerprint density at radius 2 is 2.00 bits per heavy atom. The Hall–Kier alpha value is -1.97. The van der Waals surface area contributed by atoms with Crippen molar-refractivity contribution < 1.29 is 4.74 Å². The van der Waals surface area contributed by atoms with E-state index in [0.29, 0.717) is 11.7 Å². The van der Waals surface area contributed by atoms with E-state index in [-0.39, 0.29) is 0 Å². The SMILES string of the molecule is COc1ccc(-c2nccc(C)n2)cn1. The van der Waals surface area contributed by atoms with Gasteiger partial charge in [0.2, 0.25) is 5.88 Å². The van der Waals surface area contributed by atoms with Crippen LogP contribution in [-0.2, 0) is 0 Å². The molecule has 0 bridgehead atoms. The van der Waals surface area contributed by atoms with Crippen molar-refractivity contribution in [2.24, 2.45) is 0 Å². The fourth-order valence-corrected chi connectivity index (χ4v) is 1.22. The maximum Gasteiger partial charge on any atom is 0.212 e. The van der Waals surface area contributed by atoms with Gasteiger partial charge in [0.1, 0.15) is 0 Å². The summed E-state index contributed by atoms with van der Waals surface area (Å²) >= 11 is 0. The lowest BCUT2D eigenvalue weighted by molar-refractivity contribution is 0.398. The van der Waals surface area contributed by atoms with Gasteiger partial charge in [-0.15, -0.1) is 0 Å². The van der Waals surface area contributed by atoms with Crippen LogP contribution in [0.1, 0.15) is 5.69 Å². The lowest BCUT2D eigenvalue weighted by atomic mass is 10.2. The molecule has 0 saturated carbocycles. The minimum atomic E-state index is 0.589. The lowest BCUT2D eigenvalue weighted by Gasteiger charge is -2.01. The van der Waals surface area contributed by atoms with Gasteiger partial charge in [-0.2, -0.15) is 0 Å². The quantitative estimate of drug-likeness (QED) is 0.744. The summed E-state index contributed by atoms with van der Waals surface area (Å²) in [7, 11) is 1.59. The third-order valence-corrected chi connectivity index (χ3v) is 2.00. The fourth-order valence-electron chi connectivity index (χ4n) is 1.22. The fraction of sp³-hybridized carbons (Fsp3) is 0.182. The van der Waals surface area contributed by atoms with Crippen LogP contribution in [0.4, 0.5) is 0 Å². The van der Waals surface area contributed by atoms with E-state index in [9.17, 15) is 0 Å². The summed E-state index contributed by atoms with van der Waals surface area (Å²) in [5, 5.41) is 0. The van der Waals surface area contributed by atoms with Crippen LogP contribution in [-0.4, -0.2) is 22.1 Å². The van der Waals surface area contributed by atoms with Crippen LogP contribution in [0.2, 0.25) is 0 Å². The molecule has 0 aliphatic carbocycles. The van der Waals surface area contributed by atoms with Gasteiger partial charge in [0, 0.05) is 29.7 Å². The van der Waals surface area contributed by atoms with Crippen LogP contribution in [0.15, 0.2) is 30.6 Å². The monoisotopic (exact) mass is 201 g/mol. The van der Waals surface area contributed by atoms with Gasteiger partial charge in [0.15, 0.2) is 5.82 Å². The molecule has 0 saturated heterocycles. The first kappa shape index (κ1) is 9.58. The van der Waals surface area contributed by atoms with Crippen LogP contribution >= 0.6 is 0 Å². The van der Waals surface area contributed by atoms with Gasteiger partial charge >= 0.3 is 0 Å². The molecule has 0 radical (unpaired) electrons. The molecule has 2 aromatic heterocycles. The van der Waals surface area contributed by atoms with Crippen molar-refractivity contribution in [3.05, 3.63) is 36.3 Å². The number of methoxy groups -OCH3 is 1. The van der Waals surface area contributed by atoms with Gasteiger partial charge in [0.25, 0.3) is 0 Å². The van der Waals surface area contributed by atoms with E-state index < -0.39 is 0 Å². The highest BCUT2D eigenvalue weighted by Gasteiger charge is 2.01. The van der Waals surface area contributed by atoms with Gasteiger partial charge < -0.3 is 4.74 Å². The van der Waals surface area contributed by atoms with Crippen LogP contribution < -0.4 is 4.74 Å². The average molecular weight is 201 g/mol. The van der Waals surface area contributed by atoms with Crippen molar-refractivity contribution in [3.8, 4) is 17.3 Å². The van der Waals surface area contributed by atoms with Gasteiger partial charge in [-0.3, -0.25) is 0 Å². The standard InChI is InChI=1S/C11H11N3O/c1-8-5-6-12-11(14-8)9-3-4-10(15-2)13-7-9/h3-7H,1-2H3. The minimum absolute atomic E-state index is 0.589. The third-order valence-electron chi connectivity index (χ3n) is 2.00. The van der Waals surface area contributed by atoms with E-state index in [4.69, 9.17) is 4.74 Å². The summed E-state index contributed by atoms with van der Waals surface area (Å²) in [5.41, 5.74) is 1.83. The Morgan fingerprint density at radius 3 is 2.60 bits per heavy atom. The van der Waals surface area contributed by atoms with E-state index in [1.165, 1.54) is 0 Å². The van der Waals surface area contributed by atoms with Crippen molar-refractivity contribution in [2.75, 3.05) is 7.11 Å². The Labute approximate surface area is 88.0 Å². The highest BCUT2D eigenvalue weighted by molar-refractivity contribution is 5.53. The smallest absolute Gasteiger partial charge is 0.212 e. The predicted molar refractivity (Wildman–Crippen MR) is 56.6 cm³/mol. The zero-order valence-electron chi connectivity index (χ0n) is 8.64. The van der Waals surface area contributed by atoms with Crippen LogP contribution in [0.5, 0.6) is 5.88 Å². The molecule has 0 N–H and O–H groups in total. The van der Waals surface area contributed by atoms with Crippen molar-refractivity contribution in [1.82, 2.24) is 15.0 Å². The normalized spacial score (nSPS) is 10.0. The molecular weight excluding hydrogens is 190 g/mol. The van der Waals surface area contributed by atoms with Crippen LogP contribution in [0, 0.1) is 6.92 Å². The first-order chi connectivity index (χ1) is 7.29. The van der Waals surface area contributed by atoms with E-state index >= 15 is 0 Å². The van der Waals surface area contributed by atoms with E-state index in [2.05, 4.69) is 15.0 Å². The molecule has 15 heavy (non-hydrogen) atoms. The summed E-state index contributed by atoms with van der Waals surface area (Å²) < 4.78 is 4.98. The third kappa shape index (κ3) is 2.10. The highest BCUT2D eigenvalue weighted by atomic mass is 16.5. The zero-order valence-corrected chi connectivity index (χ0v) is 8.64. The van der Waals surface area contributed by atoms with Crippen molar-refractivity contribution in [2.45, 2.75) is 6.92 Å². The van der Waals surface area contributed by atoms with Gasteiger partial charge in [-0.05, 0) is 19.1 Å². The first-order valence-electron chi connectivity index (χ1n) is 4.59. The van der Waals surface area contributed by atoms with Gasteiger partial charge in [-0.1, -0.05) is 0 Å². The predicted octanol–water partition coefficient (Wildman–Crippen LogP) is 1.86. The molecule has 0 aromatic carbocycles. The molecule has 0 aliphatic heterocycles. The van der Waals surface area contributed by atoms with Crippen molar-refractivity contribution >= 4 is 0 Å². The molecule has 0 amide bonds. The van der Waals surface area contributed by atoms with E-state index in [1.54, 1.807) is 25.6 Å². The Balaban J connectivity index is 2.37. The number of rotatable bonds is 2. The van der Waals surface area contributed by atoms with Crippen LogP contribution in [0.25, 0.3) is 11.4 Å². The van der Waals surface area contributed by atoms with Crippen molar-refractivity contribution in [1.29, 1.82) is 0 Å². The summed E-state index contributed by atoms with van der Waals surface area (Å²) in [6.07, 6.45) is 3.44. The molecule has 0 aliphatic rings. The molecule has 2 aromatic rings. The summed E-state index contributed by atoms with van der Waals surface area (Å²) in [4.78, 5) is 12.6. The molecule has 2 heterocycles.